The van der Waals surface area contributed by atoms with E-state index in [-0.39, 0.29) is 24.4 Å². The summed E-state index contributed by atoms with van der Waals surface area (Å²) in [5, 5.41) is 7.04. The van der Waals surface area contributed by atoms with Crippen LogP contribution in [-0.2, 0) is 4.79 Å². The van der Waals surface area contributed by atoms with Gasteiger partial charge in [-0.15, -0.1) is 12.4 Å². The van der Waals surface area contributed by atoms with Gasteiger partial charge in [-0.25, -0.2) is 0 Å². The van der Waals surface area contributed by atoms with Gasteiger partial charge in [0, 0.05) is 17.0 Å². The molecule has 2 unspecified atom stereocenters. The maximum Gasteiger partial charge on any atom is 0.220 e. The first kappa shape index (κ1) is 16.4. The van der Waals surface area contributed by atoms with Gasteiger partial charge < -0.3 is 15.4 Å². The number of rotatable bonds is 4. The smallest absolute Gasteiger partial charge is 0.220 e. The van der Waals surface area contributed by atoms with Crippen LogP contribution in [0.3, 0.4) is 0 Å². The molecule has 1 aromatic carbocycles. The Balaban J connectivity index is 0.00000161. The molecule has 0 spiro atoms. The van der Waals surface area contributed by atoms with E-state index in [0.29, 0.717) is 24.0 Å². The molecule has 3 rings (SSSR count). The molecule has 1 aromatic rings. The molecule has 2 aliphatic rings. The average molecular weight is 331 g/mol. The lowest BCUT2D eigenvalue weighted by molar-refractivity contribution is -0.122. The highest BCUT2D eigenvalue weighted by Crippen LogP contribution is 2.34. The van der Waals surface area contributed by atoms with Gasteiger partial charge in [0.15, 0.2) is 0 Å². The lowest BCUT2D eigenvalue weighted by atomic mass is 10.0. The molecule has 116 valence electrons. The van der Waals surface area contributed by atoms with Crippen LogP contribution >= 0.6 is 24.0 Å². The molecule has 0 aliphatic carbocycles. The number of ether oxygens (including phenoxy) is 1. The van der Waals surface area contributed by atoms with E-state index in [2.05, 4.69) is 10.6 Å². The number of nitrogens with one attached hydrogen (secondary N) is 2. The van der Waals surface area contributed by atoms with E-state index in [0.717, 1.165) is 30.8 Å². The molecule has 0 saturated carbocycles. The van der Waals surface area contributed by atoms with Crippen molar-refractivity contribution >= 4 is 29.9 Å². The summed E-state index contributed by atoms with van der Waals surface area (Å²) in [4.78, 5) is 12.0. The molecule has 2 aliphatic heterocycles. The molecule has 0 radical (unpaired) electrons. The third-order valence-electron chi connectivity index (χ3n) is 4.03. The Morgan fingerprint density at radius 2 is 2.33 bits per heavy atom. The zero-order valence-electron chi connectivity index (χ0n) is 11.7. The van der Waals surface area contributed by atoms with E-state index >= 15 is 0 Å². The third kappa shape index (κ3) is 4.02. The lowest BCUT2D eigenvalue weighted by Gasteiger charge is -2.13. The molecule has 1 fully saturated rings. The topological polar surface area (TPSA) is 50.4 Å². The van der Waals surface area contributed by atoms with Crippen molar-refractivity contribution in [3.05, 3.63) is 28.8 Å². The van der Waals surface area contributed by atoms with Gasteiger partial charge in [0.25, 0.3) is 0 Å². The van der Waals surface area contributed by atoms with E-state index < -0.39 is 0 Å². The molecule has 1 saturated heterocycles. The van der Waals surface area contributed by atoms with Gasteiger partial charge in [0.2, 0.25) is 5.91 Å². The van der Waals surface area contributed by atoms with Gasteiger partial charge in [-0.3, -0.25) is 4.79 Å². The summed E-state index contributed by atoms with van der Waals surface area (Å²) < 4.78 is 5.56. The van der Waals surface area contributed by atoms with Crippen molar-refractivity contribution in [2.24, 2.45) is 5.92 Å². The second-order valence-corrected chi connectivity index (χ2v) is 5.95. The molecule has 2 atom stereocenters. The maximum atomic E-state index is 12.0. The van der Waals surface area contributed by atoms with E-state index in [1.54, 1.807) is 6.07 Å². The van der Waals surface area contributed by atoms with Crippen LogP contribution in [0.2, 0.25) is 5.02 Å². The summed E-state index contributed by atoms with van der Waals surface area (Å²) >= 11 is 6.00. The number of fused-ring (bicyclic) bond motifs is 1. The minimum atomic E-state index is -0.0714. The zero-order valence-corrected chi connectivity index (χ0v) is 13.3. The molecule has 0 bridgehead atoms. The fourth-order valence-electron chi connectivity index (χ4n) is 2.87. The van der Waals surface area contributed by atoms with Crippen molar-refractivity contribution in [1.82, 2.24) is 10.6 Å². The summed E-state index contributed by atoms with van der Waals surface area (Å²) in [6, 6.07) is 5.46. The molecule has 1 amide bonds. The summed E-state index contributed by atoms with van der Waals surface area (Å²) in [6.45, 7) is 2.61. The maximum absolute atomic E-state index is 12.0. The van der Waals surface area contributed by atoms with Crippen LogP contribution in [0.5, 0.6) is 5.75 Å². The van der Waals surface area contributed by atoms with Gasteiger partial charge in [-0.05, 0) is 50.0 Å². The van der Waals surface area contributed by atoms with Crippen LogP contribution in [0.15, 0.2) is 18.2 Å². The summed E-state index contributed by atoms with van der Waals surface area (Å²) in [7, 11) is 0. The molecule has 4 nitrogen and oxygen atoms in total. The number of halogens is 2. The normalized spacial score (nSPS) is 23.1. The Morgan fingerprint density at radius 3 is 3.10 bits per heavy atom. The van der Waals surface area contributed by atoms with Crippen molar-refractivity contribution in [3.8, 4) is 5.75 Å². The van der Waals surface area contributed by atoms with Crippen LogP contribution in [-0.4, -0.2) is 25.6 Å². The molecular weight excluding hydrogens is 311 g/mol. The standard InChI is InChI=1S/C15H19ClN2O2.ClH/c16-11-2-3-14-12(7-11)13(9-20-14)18-15(19)4-1-10-5-6-17-8-10;/h2-3,7,10,13,17H,1,4-6,8-9H2,(H,18,19);1H. The Morgan fingerprint density at radius 1 is 1.48 bits per heavy atom. The second kappa shape index (κ2) is 7.34. The van der Waals surface area contributed by atoms with Crippen molar-refractivity contribution in [2.75, 3.05) is 19.7 Å². The van der Waals surface area contributed by atoms with Crippen LogP contribution in [0, 0.1) is 5.92 Å². The number of hydrogen-bond acceptors (Lipinski definition) is 3. The van der Waals surface area contributed by atoms with E-state index in [1.807, 2.05) is 12.1 Å². The molecule has 2 heterocycles. The molecule has 2 N–H and O–H groups in total. The fourth-order valence-corrected chi connectivity index (χ4v) is 3.05. The third-order valence-corrected chi connectivity index (χ3v) is 4.27. The van der Waals surface area contributed by atoms with Gasteiger partial charge in [0.05, 0.1) is 6.04 Å². The summed E-state index contributed by atoms with van der Waals surface area (Å²) in [6.07, 6.45) is 2.71. The minimum absolute atomic E-state index is 0. The highest BCUT2D eigenvalue weighted by Gasteiger charge is 2.26. The highest BCUT2D eigenvalue weighted by atomic mass is 35.5. The first-order chi connectivity index (χ1) is 9.72. The van der Waals surface area contributed by atoms with Crippen molar-refractivity contribution in [3.63, 3.8) is 0 Å². The van der Waals surface area contributed by atoms with Crippen LogP contribution < -0.4 is 15.4 Å². The van der Waals surface area contributed by atoms with Gasteiger partial charge in [0.1, 0.15) is 12.4 Å². The van der Waals surface area contributed by atoms with Crippen molar-refractivity contribution < 1.29 is 9.53 Å². The molecule has 0 aromatic heterocycles. The van der Waals surface area contributed by atoms with E-state index in [9.17, 15) is 4.79 Å². The average Bonchev–Trinajstić information content (AvgIpc) is 3.07. The molecule has 21 heavy (non-hydrogen) atoms. The predicted molar refractivity (Wildman–Crippen MR) is 85.3 cm³/mol. The predicted octanol–water partition coefficient (Wildman–Crippen LogP) is 2.70. The zero-order chi connectivity index (χ0) is 13.9. The largest absolute Gasteiger partial charge is 0.491 e. The minimum Gasteiger partial charge on any atom is -0.491 e. The Hall–Kier alpha value is -0.970. The quantitative estimate of drug-likeness (QED) is 0.892. The number of carbonyl (C=O) groups is 1. The Bertz CT molecular complexity index is 504. The van der Waals surface area contributed by atoms with Gasteiger partial charge in [-0.1, -0.05) is 11.6 Å². The number of amides is 1. The van der Waals surface area contributed by atoms with Crippen LogP contribution in [0.25, 0.3) is 0 Å². The van der Waals surface area contributed by atoms with Gasteiger partial charge in [-0.2, -0.15) is 0 Å². The summed E-state index contributed by atoms with van der Waals surface area (Å²) in [5.74, 6) is 1.56. The molecular formula is C15H20Cl2N2O2. The lowest BCUT2D eigenvalue weighted by Crippen LogP contribution is -2.29. The number of benzene rings is 1. The fraction of sp³-hybridized carbons (Fsp3) is 0.533. The van der Waals surface area contributed by atoms with E-state index in [1.165, 1.54) is 6.42 Å². The SMILES string of the molecule is Cl.O=C(CCC1CCNC1)NC1COc2ccc(Cl)cc21. The second-order valence-electron chi connectivity index (χ2n) is 5.51. The highest BCUT2D eigenvalue weighted by molar-refractivity contribution is 6.30. The van der Waals surface area contributed by atoms with Gasteiger partial charge >= 0.3 is 0 Å². The Kier molecular flexibility index (Phi) is 5.73. The number of carbonyl (C=O) groups excluding carboxylic acids is 1. The monoisotopic (exact) mass is 330 g/mol. The van der Waals surface area contributed by atoms with E-state index in [4.69, 9.17) is 16.3 Å². The first-order valence-corrected chi connectivity index (χ1v) is 7.52. The van der Waals surface area contributed by atoms with Crippen molar-refractivity contribution in [1.29, 1.82) is 0 Å². The van der Waals surface area contributed by atoms with Crippen LogP contribution in [0.1, 0.15) is 30.9 Å². The summed E-state index contributed by atoms with van der Waals surface area (Å²) in [5.41, 5.74) is 0.980. The van der Waals surface area contributed by atoms with Crippen molar-refractivity contribution in [2.45, 2.75) is 25.3 Å². The molecule has 6 heteroatoms. The van der Waals surface area contributed by atoms with Crippen LogP contribution in [0.4, 0.5) is 0 Å². The Labute approximate surface area is 136 Å². The first-order valence-electron chi connectivity index (χ1n) is 7.14. The number of hydrogen-bond donors (Lipinski definition) is 2.